The van der Waals surface area contributed by atoms with Crippen LogP contribution in [0.1, 0.15) is 0 Å². The number of fused-ring (bicyclic) bond motifs is 10. The summed E-state index contributed by atoms with van der Waals surface area (Å²) in [4.78, 5) is 75.4. The fourth-order valence-electron chi connectivity index (χ4n) is 10.3. The molecule has 0 spiro atoms. The number of carbonyl (C=O) groups is 6. The molecule has 4 bridgehead atoms. The Labute approximate surface area is 326 Å². The van der Waals surface area contributed by atoms with Gasteiger partial charge in [0, 0.05) is 14.2 Å². The third-order valence-corrected chi connectivity index (χ3v) is 12.0. The number of carbonyl (C=O) groups excluding carboxylic acids is 6. The van der Waals surface area contributed by atoms with Crippen LogP contribution in [0, 0.1) is 33.5 Å². The zero-order valence-electron chi connectivity index (χ0n) is 31.4. The summed E-state index contributed by atoms with van der Waals surface area (Å²) in [6.07, 6.45) is -22.3. The van der Waals surface area contributed by atoms with Crippen molar-refractivity contribution in [3.8, 4) is 0 Å². The maximum atomic E-state index is 14.5. The highest BCUT2D eigenvalue weighted by molar-refractivity contribution is 6.07. The van der Waals surface area contributed by atoms with Crippen molar-refractivity contribution in [2.24, 2.45) is 33.5 Å². The average molecular weight is 897 g/mol. The lowest BCUT2D eigenvalue weighted by Gasteiger charge is -2.35. The molecule has 4 fully saturated rings. The number of hydrogen-bond acceptors (Lipinski definition) is 16. The van der Waals surface area contributed by atoms with Crippen LogP contribution < -0.4 is 0 Å². The zero-order chi connectivity index (χ0) is 46.3. The molecule has 2 saturated carbocycles. The summed E-state index contributed by atoms with van der Waals surface area (Å²) in [7, 11) is 4.80. The van der Waals surface area contributed by atoms with Gasteiger partial charge in [-0.3, -0.25) is 19.2 Å². The van der Waals surface area contributed by atoms with E-state index >= 15 is 0 Å². The summed E-state index contributed by atoms with van der Waals surface area (Å²) in [6.45, 7) is 0. The van der Waals surface area contributed by atoms with E-state index in [4.69, 9.17) is 18.9 Å². The molecule has 2 aliphatic carbocycles. The Morgan fingerprint density at radius 2 is 0.733 bits per heavy atom. The van der Waals surface area contributed by atoms with Crippen LogP contribution in [0.25, 0.3) is 0 Å². The third kappa shape index (κ3) is 4.34. The molecule has 4 heterocycles. The van der Waals surface area contributed by atoms with Gasteiger partial charge in [-0.1, -0.05) is 0 Å². The first-order valence-corrected chi connectivity index (χ1v) is 16.1. The number of alkyl halides is 12. The van der Waals surface area contributed by atoms with E-state index in [1.54, 1.807) is 0 Å². The first-order chi connectivity index (χ1) is 27.3. The Hall–Kier alpha value is -4.70. The molecule has 2 saturated heterocycles. The summed E-state index contributed by atoms with van der Waals surface area (Å²) in [6, 6.07) is 0. The Morgan fingerprint density at radius 1 is 0.467 bits per heavy atom. The van der Waals surface area contributed by atoms with Crippen molar-refractivity contribution in [2.75, 3.05) is 56.9 Å². The summed E-state index contributed by atoms with van der Waals surface area (Å²) in [5.41, 5.74) is -26.1. The minimum Gasteiger partial charge on any atom is -0.469 e. The number of ether oxygens (including phenoxy) is 10. The molecule has 0 aromatic rings. The highest BCUT2D eigenvalue weighted by atomic mass is 19.4. The molecule has 6 rings (SSSR count). The van der Waals surface area contributed by atoms with Gasteiger partial charge in [-0.05, 0) is 12.2 Å². The maximum Gasteiger partial charge on any atom is 0.415 e. The Morgan fingerprint density at radius 3 is 0.917 bits per heavy atom. The van der Waals surface area contributed by atoms with E-state index in [0.717, 1.165) is 0 Å². The van der Waals surface area contributed by atoms with Crippen LogP contribution in [0.2, 0.25) is 0 Å². The second-order valence-electron chi connectivity index (χ2n) is 13.5. The molecule has 28 heteroatoms. The number of esters is 6. The van der Waals surface area contributed by atoms with Crippen molar-refractivity contribution < 1.29 is 129 Å². The second-order valence-corrected chi connectivity index (χ2v) is 13.5. The molecule has 0 radical (unpaired) electrons. The maximum absolute atomic E-state index is 14.5. The van der Waals surface area contributed by atoms with E-state index in [1.807, 2.05) is 0 Å². The number of methoxy groups -OCH3 is 8. The van der Waals surface area contributed by atoms with Gasteiger partial charge in [-0.2, -0.15) is 52.7 Å². The minimum absolute atomic E-state index is 0.0957. The van der Waals surface area contributed by atoms with E-state index < -0.39 is 128 Å². The summed E-state index contributed by atoms with van der Waals surface area (Å²) in [5.74, 6) is -23.4. The Kier molecular flexibility index (Phi) is 9.98. The van der Waals surface area contributed by atoms with Gasteiger partial charge in [0.05, 0.1) is 65.6 Å². The van der Waals surface area contributed by atoms with Crippen LogP contribution in [-0.4, -0.2) is 140 Å². The van der Waals surface area contributed by atoms with Gasteiger partial charge in [0.25, 0.3) is 0 Å². The van der Waals surface area contributed by atoms with Gasteiger partial charge in [0.1, 0.15) is 10.8 Å². The molecule has 6 aliphatic rings. The monoisotopic (exact) mass is 896 g/mol. The standard InChI is InChI=1S/2C16H14F6O8/c2*1-26-8(23)7-12(9(24)27-2)13(10(25)28-3)6(15(17,18)19)5-11(29-4,30-13)14(7,12)16(20,21)22/h2*5,7H,1-4H3/t2*7-,11-,12-,13-,14+/m10/s1. The Balaban J connectivity index is 0.000000228. The molecule has 4 aliphatic heterocycles. The van der Waals surface area contributed by atoms with Crippen molar-refractivity contribution in [3.63, 3.8) is 0 Å². The summed E-state index contributed by atoms with van der Waals surface area (Å²) >= 11 is 0. The predicted octanol–water partition coefficient (Wildman–Crippen LogP) is 2.57. The van der Waals surface area contributed by atoms with Crippen LogP contribution in [0.15, 0.2) is 23.3 Å². The van der Waals surface area contributed by atoms with Crippen LogP contribution in [0.3, 0.4) is 0 Å². The van der Waals surface area contributed by atoms with E-state index in [0.29, 0.717) is 56.9 Å². The smallest absolute Gasteiger partial charge is 0.415 e. The van der Waals surface area contributed by atoms with E-state index in [9.17, 15) is 81.5 Å². The minimum atomic E-state index is -5.60. The van der Waals surface area contributed by atoms with Crippen molar-refractivity contribution in [2.45, 2.75) is 47.5 Å². The van der Waals surface area contributed by atoms with Crippen LogP contribution in [-0.2, 0) is 76.1 Å². The highest BCUT2D eigenvalue weighted by Gasteiger charge is 3.14. The first-order valence-electron chi connectivity index (χ1n) is 16.1. The SMILES string of the molecule is COC(=O)[C@@H]1[C@@]2(C(=O)OC)[C@@]3(C(=O)OC)O[C@](OC)(C=C3C(F)(F)F)[C@@]12C(F)(F)F.COC(=O)[C@H]1[C@]2(C(=O)OC)[C@]3(C(=O)OC)O[C@@](OC)(C=C3C(F)(F)F)[C@]12C(F)(F)F. The van der Waals surface area contributed by atoms with E-state index in [2.05, 4.69) is 28.4 Å². The molecule has 0 unspecified atom stereocenters. The van der Waals surface area contributed by atoms with Gasteiger partial charge in [-0.15, -0.1) is 0 Å². The molecular weight excluding hydrogens is 868 g/mol. The number of halogens is 12. The van der Waals surface area contributed by atoms with Crippen molar-refractivity contribution in [1.29, 1.82) is 0 Å². The van der Waals surface area contributed by atoms with Gasteiger partial charge in [-0.25, -0.2) is 9.59 Å². The predicted molar refractivity (Wildman–Crippen MR) is 156 cm³/mol. The quantitative estimate of drug-likeness (QED) is 0.149. The van der Waals surface area contributed by atoms with Gasteiger partial charge >= 0.3 is 60.5 Å². The fourth-order valence-corrected chi connectivity index (χ4v) is 10.3. The number of hydrogen-bond donors (Lipinski definition) is 0. The molecule has 336 valence electrons. The van der Waals surface area contributed by atoms with Crippen molar-refractivity contribution in [1.82, 2.24) is 0 Å². The van der Waals surface area contributed by atoms with E-state index in [1.165, 1.54) is 0 Å². The Bertz CT molecular complexity index is 1870. The summed E-state index contributed by atoms with van der Waals surface area (Å²) in [5, 5.41) is 0. The molecule has 0 amide bonds. The molecule has 60 heavy (non-hydrogen) atoms. The lowest BCUT2D eigenvalue weighted by atomic mass is 9.69. The molecule has 0 N–H and O–H groups in total. The van der Waals surface area contributed by atoms with Crippen LogP contribution >= 0.6 is 0 Å². The second kappa shape index (κ2) is 12.9. The topological polar surface area (TPSA) is 195 Å². The largest absolute Gasteiger partial charge is 0.469 e. The van der Waals surface area contributed by atoms with E-state index in [-0.39, 0.29) is 12.2 Å². The first kappa shape index (κ1) is 46.4. The van der Waals surface area contributed by atoms with Crippen LogP contribution in [0.5, 0.6) is 0 Å². The zero-order valence-corrected chi connectivity index (χ0v) is 31.4. The van der Waals surface area contributed by atoms with Gasteiger partial charge in [0.15, 0.2) is 10.8 Å². The highest BCUT2D eigenvalue weighted by Crippen LogP contribution is 2.94. The lowest BCUT2D eigenvalue weighted by molar-refractivity contribution is -0.302. The molecule has 16 nitrogen and oxygen atoms in total. The molecule has 0 aromatic heterocycles. The fraction of sp³-hybridized carbons (Fsp3) is 0.688. The molecule has 10 atom stereocenters. The number of rotatable bonds is 8. The van der Waals surface area contributed by atoms with Crippen molar-refractivity contribution >= 4 is 35.8 Å². The lowest BCUT2D eigenvalue weighted by Crippen LogP contribution is -2.57. The van der Waals surface area contributed by atoms with Gasteiger partial charge < -0.3 is 47.4 Å². The van der Waals surface area contributed by atoms with Crippen molar-refractivity contribution in [3.05, 3.63) is 23.3 Å². The summed E-state index contributed by atoms with van der Waals surface area (Å²) < 4.78 is 216. The van der Waals surface area contributed by atoms with Crippen LogP contribution in [0.4, 0.5) is 52.7 Å². The normalized spacial score (nSPS) is 39.1. The average Bonchev–Trinajstić information content (AvgIpc) is 3.84. The third-order valence-electron chi connectivity index (χ3n) is 12.0. The molecular formula is C32H28F12O16. The van der Waals surface area contributed by atoms with Gasteiger partial charge in [0.2, 0.25) is 22.8 Å². The molecule has 0 aromatic carbocycles.